The summed E-state index contributed by atoms with van der Waals surface area (Å²) in [5.41, 5.74) is 0.284. The lowest BCUT2D eigenvalue weighted by Crippen LogP contribution is -2.14. The molecule has 0 aliphatic rings. The molecule has 0 unspecified atom stereocenters. The topological polar surface area (TPSA) is 26.3 Å². The molecule has 20 heavy (non-hydrogen) atoms. The zero-order valence-corrected chi connectivity index (χ0v) is 11.2. The highest BCUT2D eigenvalue weighted by atomic mass is 35.5. The van der Waals surface area contributed by atoms with Gasteiger partial charge in [0.25, 0.3) is 0 Å². The summed E-state index contributed by atoms with van der Waals surface area (Å²) in [5.74, 6) is -1.17. The van der Waals surface area contributed by atoms with E-state index in [1.165, 1.54) is 0 Å². The molecule has 2 rings (SSSR count). The molecule has 5 heteroatoms. The number of Topliss-reactive ketones (excluding diaryl/α,β-unsaturated/α-hetero) is 1. The Kier molecular flexibility index (Phi) is 4.69. The molecule has 0 amide bonds. The smallest absolute Gasteiger partial charge is 0.174 e. The van der Waals surface area contributed by atoms with Crippen LogP contribution in [-0.2, 0) is 11.2 Å². The molecule has 0 heterocycles. The Balaban J connectivity index is 1.90. The molecule has 2 aromatic carbocycles. The molecule has 0 aromatic heterocycles. The Labute approximate surface area is 119 Å². The van der Waals surface area contributed by atoms with Crippen LogP contribution in [-0.4, -0.2) is 12.4 Å². The molecule has 0 saturated carbocycles. The second kappa shape index (κ2) is 6.48. The van der Waals surface area contributed by atoms with E-state index in [0.29, 0.717) is 10.8 Å². The number of rotatable bonds is 5. The van der Waals surface area contributed by atoms with E-state index in [9.17, 15) is 13.6 Å². The number of hydrogen-bond donors (Lipinski definition) is 0. The summed E-state index contributed by atoms with van der Waals surface area (Å²) in [4.78, 5) is 11.7. The first-order valence-corrected chi connectivity index (χ1v) is 6.26. The fourth-order valence-electron chi connectivity index (χ4n) is 1.69. The third-order valence-corrected chi connectivity index (χ3v) is 2.79. The lowest BCUT2D eigenvalue weighted by atomic mass is 10.1. The first-order valence-electron chi connectivity index (χ1n) is 5.88. The van der Waals surface area contributed by atoms with E-state index in [1.54, 1.807) is 24.3 Å². The van der Waals surface area contributed by atoms with Gasteiger partial charge in [0.05, 0.1) is 0 Å². The second-order valence-electron chi connectivity index (χ2n) is 4.24. The fourth-order valence-corrected chi connectivity index (χ4v) is 1.81. The second-order valence-corrected chi connectivity index (χ2v) is 4.67. The molecule has 0 spiro atoms. The van der Waals surface area contributed by atoms with Crippen LogP contribution in [0.2, 0.25) is 5.02 Å². The maximum absolute atomic E-state index is 13.0. The first-order chi connectivity index (χ1) is 9.52. The molecule has 0 aliphatic heterocycles. The number of carbonyl (C=O) groups excluding carboxylic acids is 1. The van der Waals surface area contributed by atoms with Gasteiger partial charge in [0, 0.05) is 17.5 Å². The Bertz CT molecular complexity index is 592. The number of benzene rings is 2. The number of carbonyl (C=O) groups is 1. The maximum Gasteiger partial charge on any atom is 0.174 e. The maximum atomic E-state index is 13.0. The summed E-state index contributed by atoms with van der Waals surface area (Å²) in [6.45, 7) is -0.167. The fraction of sp³-hybridized carbons (Fsp3) is 0.133. The zero-order valence-electron chi connectivity index (χ0n) is 10.4. The molecule has 0 aliphatic carbocycles. The van der Waals surface area contributed by atoms with Crippen molar-refractivity contribution in [3.05, 3.63) is 64.7 Å². The van der Waals surface area contributed by atoms with Crippen molar-refractivity contribution < 1.29 is 18.3 Å². The van der Waals surface area contributed by atoms with Crippen molar-refractivity contribution in [2.45, 2.75) is 6.42 Å². The van der Waals surface area contributed by atoms with Gasteiger partial charge in [-0.1, -0.05) is 11.6 Å². The van der Waals surface area contributed by atoms with Crippen LogP contribution in [0.25, 0.3) is 0 Å². The molecule has 0 fully saturated rings. The van der Waals surface area contributed by atoms with E-state index < -0.39 is 11.6 Å². The van der Waals surface area contributed by atoms with Crippen molar-refractivity contribution in [1.82, 2.24) is 0 Å². The van der Waals surface area contributed by atoms with Gasteiger partial charge in [-0.05, 0) is 42.0 Å². The molecule has 0 N–H and O–H groups in total. The van der Waals surface area contributed by atoms with Crippen molar-refractivity contribution in [2.75, 3.05) is 6.61 Å². The van der Waals surface area contributed by atoms with Crippen LogP contribution in [0.15, 0.2) is 42.5 Å². The molecule has 0 radical (unpaired) electrons. The standard InChI is InChI=1S/C15H11ClF2O2/c16-11-1-3-15(4-2-11)20-9-14(19)7-10-5-12(17)8-13(18)6-10/h1-6,8H,7,9H2. The van der Waals surface area contributed by atoms with E-state index in [4.69, 9.17) is 16.3 Å². The van der Waals surface area contributed by atoms with Crippen LogP contribution >= 0.6 is 11.6 Å². The molecule has 0 bridgehead atoms. The number of ketones is 1. The van der Waals surface area contributed by atoms with Crippen LogP contribution < -0.4 is 4.74 Å². The van der Waals surface area contributed by atoms with Gasteiger partial charge in [0.15, 0.2) is 5.78 Å². The van der Waals surface area contributed by atoms with Crippen molar-refractivity contribution in [1.29, 1.82) is 0 Å². The van der Waals surface area contributed by atoms with Crippen LogP contribution in [0, 0.1) is 11.6 Å². The summed E-state index contributed by atoms with van der Waals surface area (Å²) < 4.78 is 31.2. The lowest BCUT2D eigenvalue weighted by Gasteiger charge is -2.06. The van der Waals surface area contributed by atoms with Gasteiger partial charge in [-0.25, -0.2) is 8.78 Å². The minimum absolute atomic E-state index is 0.0811. The Hall–Kier alpha value is -1.94. The molecular weight excluding hydrogens is 286 g/mol. The molecule has 2 nitrogen and oxygen atoms in total. The van der Waals surface area contributed by atoms with Gasteiger partial charge < -0.3 is 4.74 Å². The van der Waals surface area contributed by atoms with E-state index in [1.807, 2.05) is 0 Å². The summed E-state index contributed by atoms with van der Waals surface area (Å²) in [6, 6.07) is 9.58. The minimum Gasteiger partial charge on any atom is -0.486 e. The van der Waals surface area contributed by atoms with Gasteiger partial charge in [-0.2, -0.15) is 0 Å². The zero-order chi connectivity index (χ0) is 14.5. The Morgan fingerprint density at radius 2 is 1.65 bits per heavy atom. The van der Waals surface area contributed by atoms with Gasteiger partial charge in [-0.15, -0.1) is 0 Å². The predicted molar refractivity (Wildman–Crippen MR) is 72.0 cm³/mol. The molecular formula is C15H11ClF2O2. The summed E-state index contributed by atoms with van der Waals surface area (Å²) in [6.07, 6.45) is -0.0811. The first kappa shape index (κ1) is 14.5. The van der Waals surface area contributed by atoms with E-state index in [-0.39, 0.29) is 24.4 Å². The van der Waals surface area contributed by atoms with Gasteiger partial charge in [-0.3, -0.25) is 4.79 Å². The molecule has 104 valence electrons. The quantitative estimate of drug-likeness (QED) is 0.838. The van der Waals surface area contributed by atoms with Crippen molar-refractivity contribution in [2.24, 2.45) is 0 Å². The van der Waals surface area contributed by atoms with Crippen LogP contribution in [0.3, 0.4) is 0 Å². The van der Waals surface area contributed by atoms with Crippen molar-refractivity contribution in [3.63, 3.8) is 0 Å². The molecule has 0 atom stereocenters. The van der Waals surface area contributed by atoms with Gasteiger partial charge in [0.1, 0.15) is 24.0 Å². The minimum atomic E-state index is -0.702. The van der Waals surface area contributed by atoms with E-state index in [0.717, 1.165) is 18.2 Å². The predicted octanol–water partition coefficient (Wildman–Crippen LogP) is 3.81. The summed E-state index contributed by atoms with van der Waals surface area (Å²) >= 11 is 5.72. The Morgan fingerprint density at radius 1 is 1.05 bits per heavy atom. The Morgan fingerprint density at radius 3 is 2.25 bits per heavy atom. The van der Waals surface area contributed by atoms with Crippen molar-refractivity contribution in [3.8, 4) is 5.75 Å². The highest BCUT2D eigenvalue weighted by Gasteiger charge is 2.08. The largest absolute Gasteiger partial charge is 0.486 e. The van der Waals surface area contributed by atoms with Crippen LogP contribution in [0.1, 0.15) is 5.56 Å². The molecule has 0 saturated heterocycles. The number of hydrogen-bond acceptors (Lipinski definition) is 2. The highest BCUT2D eigenvalue weighted by molar-refractivity contribution is 6.30. The molecule has 2 aromatic rings. The SMILES string of the molecule is O=C(COc1ccc(Cl)cc1)Cc1cc(F)cc(F)c1. The van der Waals surface area contributed by atoms with E-state index in [2.05, 4.69) is 0 Å². The van der Waals surface area contributed by atoms with Crippen LogP contribution in [0.5, 0.6) is 5.75 Å². The van der Waals surface area contributed by atoms with Gasteiger partial charge >= 0.3 is 0 Å². The lowest BCUT2D eigenvalue weighted by molar-refractivity contribution is -0.120. The third kappa shape index (κ3) is 4.31. The third-order valence-electron chi connectivity index (χ3n) is 2.54. The van der Waals surface area contributed by atoms with E-state index >= 15 is 0 Å². The van der Waals surface area contributed by atoms with Crippen molar-refractivity contribution >= 4 is 17.4 Å². The number of ether oxygens (including phenoxy) is 1. The van der Waals surface area contributed by atoms with Gasteiger partial charge in [0.2, 0.25) is 0 Å². The highest BCUT2D eigenvalue weighted by Crippen LogP contribution is 2.15. The average Bonchev–Trinajstić information content (AvgIpc) is 2.37. The summed E-state index contributed by atoms with van der Waals surface area (Å²) in [5, 5.41) is 0.568. The monoisotopic (exact) mass is 296 g/mol. The number of halogens is 3. The summed E-state index contributed by atoms with van der Waals surface area (Å²) in [7, 11) is 0. The average molecular weight is 297 g/mol. The van der Waals surface area contributed by atoms with Crippen LogP contribution in [0.4, 0.5) is 8.78 Å². The normalized spacial score (nSPS) is 10.3.